The van der Waals surface area contributed by atoms with Crippen LogP contribution in [-0.4, -0.2) is 19.7 Å². The second-order valence-electron chi connectivity index (χ2n) is 4.54. The largest absolute Gasteiger partial charge is 0.494 e. The summed E-state index contributed by atoms with van der Waals surface area (Å²) in [5.41, 5.74) is 0. The monoisotopic (exact) mass is 219 g/mol. The Bertz CT molecular complexity index is 295. The lowest BCUT2D eigenvalue weighted by Gasteiger charge is -2.33. The van der Waals surface area contributed by atoms with Crippen molar-refractivity contribution in [1.82, 2.24) is 5.32 Å². The number of ether oxygens (including phenoxy) is 1. The molecular weight excluding hydrogens is 198 g/mol. The average molecular weight is 219 g/mol. The third-order valence-corrected chi connectivity index (χ3v) is 3.53. The van der Waals surface area contributed by atoms with Crippen molar-refractivity contribution >= 4 is 0 Å². The van der Waals surface area contributed by atoms with Gasteiger partial charge in [-0.2, -0.15) is 0 Å². The van der Waals surface area contributed by atoms with Gasteiger partial charge in [0.05, 0.1) is 6.61 Å². The highest BCUT2D eigenvalue weighted by atomic mass is 16.5. The third-order valence-electron chi connectivity index (χ3n) is 3.53. The van der Waals surface area contributed by atoms with Crippen LogP contribution < -0.4 is 10.1 Å². The lowest BCUT2D eigenvalue weighted by molar-refractivity contribution is 0.197. The van der Waals surface area contributed by atoms with Crippen LogP contribution in [-0.2, 0) is 0 Å². The van der Waals surface area contributed by atoms with Gasteiger partial charge in [0, 0.05) is 6.04 Å². The van der Waals surface area contributed by atoms with Crippen LogP contribution in [0.25, 0.3) is 0 Å². The predicted molar refractivity (Wildman–Crippen MR) is 66.7 cm³/mol. The predicted octanol–water partition coefficient (Wildman–Crippen LogP) is 2.84. The summed E-state index contributed by atoms with van der Waals surface area (Å²) in [5.74, 6) is 1.86. The van der Waals surface area contributed by atoms with Crippen molar-refractivity contribution in [3.05, 3.63) is 30.3 Å². The molecule has 0 saturated heterocycles. The molecule has 0 spiro atoms. The van der Waals surface area contributed by atoms with E-state index in [9.17, 15) is 0 Å². The molecule has 2 nitrogen and oxygen atoms in total. The van der Waals surface area contributed by atoms with Gasteiger partial charge in [0.25, 0.3) is 0 Å². The number of hydrogen-bond acceptors (Lipinski definition) is 2. The number of para-hydroxylation sites is 1. The summed E-state index contributed by atoms with van der Waals surface area (Å²) in [6.07, 6.45) is 5.28. The molecule has 0 radical (unpaired) electrons. The second-order valence-corrected chi connectivity index (χ2v) is 4.54. The first-order valence-corrected chi connectivity index (χ1v) is 6.25. The Balaban J connectivity index is 1.70. The molecule has 1 aliphatic rings. The smallest absolute Gasteiger partial charge is 0.119 e. The minimum Gasteiger partial charge on any atom is -0.494 e. The van der Waals surface area contributed by atoms with E-state index in [1.807, 2.05) is 30.3 Å². The van der Waals surface area contributed by atoms with E-state index in [0.717, 1.165) is 24.7 Å². The van der Waals surface area contributed by atoms with Crippen molar-refractivity contribution in [2.45, 2.75) is 31.7 Å². The first kappa shape index (κ1) is 11.5. The molecule has 16 heavy (non-hydrogen) atoms. The first-order chi connectivity index (χ1) is 7.90. The fourth-order valence-corrected chi connectivity index (χ4v) is 2.28. The van der Waals surface area contributed by atoms with E-state index in [1.165, 1.54) is 19.3 Å². The molecular formula is C14H21NO. The number of rotatable bonds is 6. The number of benzene rings is 1. The summed E-state index contributed by atoms with van der Waals surface area (Å²) in [5, 5.41) is 3.41. The Morgan fingerprint density at radius 3 is 2.62 bits per heavy atom. The molecule has 2 heteroatoms. The van der Waals surface area contributed by atoms with E-state index in [4.69, 9.17) is 4.74 Å². The molecule has 0 amide bonds. The molecule has 1 fully saturated rings. The Morgan fingerprint density at radius 1 is 1.31 bits per heavy atom. The molecule has 1 aromatic carbocycles. The standard InChI is InChI=1S/C14H21NO/c1-15-14(12-6-5-7-12)10-11-16-13-8-3-2-4-9-13/h2-4,8-9,12,14-15H,5-7,10-11H2,1H3. The molecule has 1 aromatic rings. The maximum atomic E-state index is 5.72. The second kappa shape index (κ2) is 5.90. The van der Waals surface area contributed by atoms with Crippen LogP contribution in [0, 0.1) is 5.92 Å². The zero-order chi connectivity index (χ0) is 11.2. The minimum atomic E-state index is 0.637. The summed E-state index contributed by atoms with van der Waals surface area (Å²) in [6.45, 7) is 0.812. The molecule has 0 aromatic heterocycles. The van der Waals surface area contributed by atoms with E-state index in [1.54, 1.807) is 0 Å². The molecule has 0 bridgehead atoms. The Labute approximate surface area is 98.0 Å². The van der Waals surface area contributed by atoms with Gasteiger partial charge in [-0.3, -0.25) is 0 Å². The van der Waals surface area contributed by atoms with Gasteiger partial charge in [0.1, 0.15) is 5.75 Å². The van der Waals surface area contributed by atoms with Crippen LogP contribution in [0.15, 0.2) is 30.3 Å². The minimum absolute atomic E-state index is 0.637. The quantitative estimate of drug-likeness (QED) is 0.794. The van der Waals surface area contributed by atoms with Crippen molar-refractivity contribution in [1.29, 1.82) is 0 Å². The average Bonchev–Trinajstić information content (AvgIpc) is 2.26. The molecule has 88 valence electrons. The van der Waals surface area contributed by atoms with Gasteiger partial charge < -0.3 is 10.1 Å². The van der Waals surface area contributed by atoms with Gasteiger partial charge in [-0.05, 0) is 44.4 Å². The van der Waals surface area contributed by atoms with Crippen molar-refractivity contribution in [3.8, 4) is 5.75 Å². The summed E-state index contributed by atoms with van der Waals surface area (Å²) in [7, 11) is 2.06. The highest BCUT2D eigenvalue weighted by molar-refractivity contribution is 5.20. The normalized spacial score (nSPS) is 17.8. The number of nitrogens with one attached hydrogen (secondary N) is 1. The fraction of sp³-hybridized carbons (Fsp3) is 0.571. The zero-order valence-corrected chi connectivity index (χ0v) is 9.99. The van der Waals surface area contributed by atoms with E-state index in [-0.39, 0.29) is 0 Å². The topological polar surface area (TPSA) is 21.3 Å². The van der Waals surface area contributed by atoms with Gasteiger partial charge in [-0.1, -0.05) is 24.6 Å². The van der Waals surface area contributed by atoms with Crippen LogP contribution in [0.1, 0.15) is 25.7 Å². The Hall–Kier alpha value is -1.02. The molecule has 2 rings (SSSR count). The van der Waals surface area contributed by atoms with E-state index < -0.39 is 0 Å². The van der Waals surface area contributed by atoms with Gasteiger partial charge in [-0.25, -0.2) is 0 Å². The first-order valence-electron chi connectivity index (χ1n) is 6.25. The zero-order valence-electron chi connectivity index (χ0n) is 9.99. The molecule has 0 heterocycles. The SMILES string of the molecule is CNC(CCOc1ccccc1)C1CCC1. The summed E-state index contributed by atoms with van der Waals surface area (Å²) >= 11 is 0. The van der Waals surface area contributed by atoms with Crippen LogP contribution in [0.5, 0.6) is 5.75 Å². The van der Waals surface area contributed by atoms with Gasteiger partial charge in [-0.15, -0.1) is 0 Å². The molecule has 1 unspecified atom stereocenters. The van der Waals surface area contributed by atoms with Gasteiger partial charge in [0.2, 0.25) is 0 Å². The lowest BCUT2D eigenvalue weighted by Crippen LogP contribution is -2.38. The summed E-state index contributed by atoms with van der Waals surface area (Å²) < 4.78 is 5.72. The van der Waals surface area contributed by atoms with Crippen LogP contribution in [0.2, 0.25) is 0 Å². The molecule has 1 N–H and O–H groups in total. The van der Waals surface area contributed by atoms with E-state index in [0.29, 0.717) is 6.04 Å². The van der Waals surface area contributed by atoms with Crippen LogP contribution in [0.3, 0.4) is 0 Å². The van der Waals surface area contributed by atoms with Crippen LogP contribution in [0.4, 0.5) is 0 Å². The maximum Gasteiger partial charge on any atom is 0.119 e. The maximum absolute atomic E-state index is 5.72. The molecule has 1 saturated carbocycles. The third kappa shape index (κ3) is 2.99. The Kier molecular flexibility index (Phi) is 4.23. The molecule has 0 aliphatic heterocycles. The fourth-order valence-electron chi connectivity index (χ4n) is 2.28. The summed E-state index contributed by atoms with van der Waals surface area (Å²) in [6, 6.07) is 10.7. The van der Waals surface area contributed by atoms with E-state index in [2.05, 4.69) is 12.4 Å². The Morgan fingerprint density at radius 2 is 2.06 bits per heavy atom. The van der Waals surface area contributed by atoms with Crippen molar-refractivity contribution in [2.24, 2.45) is 5.92 Å². The molecule has 1 aliphatic carbocycles. The number of hydrogen-bond donors (Lipinski definition) is 1. The molecule has 1 atom stereocenters. The van der Waals surface area contributed by atoms with Crippen molar-refractivity contribution < 1.29 is 4.74 Å². The lowest BCUT2D eigenvalue weighted by atomic mass is 9.79. The highest BCUT2D eigenvalue weighted by Gasteiger charge is 2.25. The van der Waals surface area contributed by atoms with Gasteiger partial charge >= 0.3 is 0 Å². The van der Waals surface area contributed by atoms with E-state index >= 15 is 0 Å². The van der Waals surface area contributed by atoms with Crippen molar-refractivity contribution in [3.63, 3.8) is 0 Å². The van der Waals surface area contributed by atoms with Crippen molar-refractivity contribution in [2.75, 3.05) is 13.7 Å². The highest BCUT2D eigenvalue weighted by Crippen LogP contribution is 2.30. The van der Waals surface area contributed by atoms with Crippen LogP contribution >= 0.6 is 0 Å². The summed E-state index contributed by atoms with van der Waals surface area (Å²) in [4.78, 5) is 0. The van der Waals surface area contributed by atoms with Gasteiger partial charge in [0.15, 0.2) is 0 Å².